The second-order valence-corrected chi connectivity index (χ2v) is 4.72. The summed E-state index contributed by atoms with van der Waals surface area (Å²) in [5.41, 5.74) is 8.19. The topological polar surface area (TPSA) is 47.3 Å². The lowest BCUT2D eigenvalue weighted by molar-refractivity contribution is 0.185. The number of methoxy groups -OCH3 is 1. The van der Waals surface area contributed by atoms with Crippen LogP contribution >= 0.6 is 12.2 Å². The minimum absolute atomic E-state index is 0.0265. The fourth-order valence-electron chi connectivity index (χ4n) is 1.94. The zero-order chi connectivity index (χ0) is 14.5. The molecule has 5 heteroatoms. The molecule has 104 valence electrons. The molecule has 0 heterocycles. The summed E-state index contributed by atoms with van der Waals surface area (Å²) in [6, 6.07) is 12.3. The SMILES string of the molecule is COCc1cccc(Nc2cccc(F)c2C(N)=S)c1. The number of anilines is 2. The van der Waals surface area contributed by atoms with E-state index in [2.05, 4.69) is 5.32 Å². The molecule has 0 atom stereocenters. The highest BCUT2D eigenvalue weighted by Gasteiger charge is 2.11. The van der Waals surface area contributed by atoms with Gasteiger partial charge in [0, 0.05) is 12.8 Å². The lowest BCUT2D eigenvalue weighted by Gasteiger charge is -2.12. The van der Waals surface area contributed by atoms with Crippen LogP contribution in [-0.4, -0.2) is 12.1 Å². The zero-order valence-electron chi connectivity index (χ0n) is 11.0. The first-order valence-corrected chi connectivity index (χ1v) is 6.46. The van der Waals surface area contributed by atoms with E-state index < -0.39 is 5.82 Å². The van der Waals surface area contributed by atoms with Gasteiger partial charge in [0.2, 0.25) is 0 Å². The molecule has 3 N–H and O–H groups in total. The number of nitrogens with one attached hydrogen (secondary N) is 1. The van der Waals surface area contributed by atoms with Crippen LogP contribution in [0, 0.1) is 5.82 Å². The molecular formula is C15H15FN2OS. The summed E-state index contributed by atoms with van der Waals surface area (Å²) in [5.74, 6) is -0.435. The molecule has 2 aromatic rings. The van der Waals surface area contributed by atoms with Crippen molar-refractivity contribution < 1.29 is 9.13 Å². The Labute approximate surface area is 122 Å². The van der Waals surface area contributed by atoms with Crippen LogP contribution in [0.4, 0.5) is 15.8 Å². The number of hydrogen-bond donors (Lipinski definition) is 2. The van der Waals surface area contributed by atoms with Crippen LogP contribution in [-0.2, 0) is 11.3 Å². The van der Waals surface area contributed by atoms with E-state index in [1.165, 1.54) is 6.07 Å². The average molecular weight is 290 g/mol. The molecule has 0 spiro atoms. The summed E-state index contributed by atoms with van der Waals surface area (Å²) in [7, 11) is 1.64. The van der Waals surface area contributed by atoms with E-state index in [-0.39, 0.29) is 10.6 Å². The van der Waals surface area contributed by atoms with E-state index >= 15 is 0 Å². The Kier molecular flexibility index (Phi) is 4.65. The molecule has 2 rings (SSSR count). The van der Waals surface area contributed by atoms with Gasteiger partial charge < -0.3 is 15.8 Å². The molecule has 3 nitrogen and oxygen atoms in total. The van der Waals surface area contributed by atoms with Gasteiger partial charge in [0.1, 0.15) is 10.8 Å². The standard InChI is InChI=1S/C15H15FN2OS/c1-19-9-10-4-2-5-11(8-10)18-13-7-3-6-12(16)14(13)15(17)20/h2-8,18H,9H2,1H3,(H2,17,20). The summed E-state index contributed by atoms with van der Waals surface area (Å²) in [4.78, 5) is 0.0265. The Morgan fingerprint density at radius 1 is 1.30 bits per heavy atom. The van der Waals surface area contributed by atoms with E-state index in [1.54, 1.807) is 19.2 Å². The third-order valence-corrected chi connectivity index (χ3v) is 2.98. The molecule has 0 saturated carbocycles. The van der Waals surface area contributed by atoms with Gasteiger partial charge in [-0.2, -0.15) is 0 Å². The monoisotopic (exact) mass is 290 g/mol. The number of halogens is 1. The van der Waals surface area contributed by atoms with E-state index in [0.29, 0.717) is 12.3 Å². The molecule has 0 aliphatic heterocycles. The normalized spacial score (nSPS) is 10.3. The van der Waals surface area contributed by atoms with Crippen molar-refractivity contribution in [3.05, 3.63) is 59.4 Å². The Morgan fingerprint density at radius 3 is 2.75 bits per heavy atom. The zero-order valence-corrected chi connectivity index (χ0v) is 11.8. The number of benzene rings is 2. The number of ether oxygens (including phenoxy) is 1. The van der Waals surface area contributed by atoms with Crippen LogP contribution < -0.4 is 11.1 Å². The van der Waals surface area contributed by atoms with Gasteiger partial charge in [-0.3, -0.25) is 0 Å². The molecule has 0 saturated heterocycles. The summed E-state index contributed by atoms with van der Waals surface area (Å²) in [6.07, 6.45) is 0. The smallest absolute Gasteiger partial charge is 0.135 e. The maximum atomic E-state index is 13.8. The summed E-state index contributed by atoms with van der Waals surface area (Å²) in [5, 5.41) is 3.13. The number of rotatable bonds is 5. The second-order valence-electron chi connectivity index (χ2n) is 4.29. The molecule has 0 unspecified atom stereocenters. The van der Waals surface area contributed by atoms with Gasteiger partial charge in [0.05, 0.1) is 17.9 Å². The van der Waals surface area contributed by atoms with Gasteiger partial charge in [-0.05, 0) is 29.8 Å². The first kappa shape index (κ1) is 14.4. The van der Waals surface area contributed by atoms with E-state index in [9.17, 15) is 4.39 Å². The highest BCUT2D eigenvalue weighted by molar-refractivity contribution is 7.80. The van der Waals surface area contributed by atoms with E-state index in [0.717, 1.165) is 11.3 Å². The van der Waals surface area contributed by atoms with Gasteiger partial charge in [0.25, 0.3) is 0 Å². The molecule has 2 aromatic carbocycles. The highest BCUT2D eigenvalue weighted by atomic mass is 32.1. The lowest BCUT2D eigenvalue weighted by atomic mass is 10.1. The molecule has 20 heavy (non-hydrogen) atoms. The Morgan fingerprint density at radius 2 is 2.05 bits per heavy atom. The van der Waals surface area contributed by atoms with Gasteiger partial charge in [0.15, 0.2) is 0 Å². The quantitative estimate of drug-likeness (QED) is 0.829. The van der Waals surface area contributed by atoms with Crippen molar-refractivity contribution in [2.75, 3.05) is 12.4 Å². The molecule has 0 amide bonds. The van der Waals surface area contributed by atoms with Crippen molar-refractivity contribution in [2.24, 2.45) is 5.73 Å². The number of hydrogen-bond acceptors (Lipinski definition) is 3. The summed E-state index contributed by atoms with van der Waals surface area (Å²) < 4.78 is 18.9. The minimum atomic E-state index is -0.435. The summed E-state index contributed by atoms with van der Waals surface area (Å²) in [6.45, 7) is 0.515. The third kappa shape index (κ3) is 3.31. The predicted molar refractivity (Wildman–Crippen MR) is 82.7 cm³/mol. The summed E-state index contributed by atoms with van der Waals surface area (Å²) >= 11 is 4.90. The van der Waals surface area contributed by atoms with E-state index in [4.69, 9.17) is 22.7 Å². The second kappa shape index (κ2) is 6.45. The fraction of sp³-hybridized carbons (Fsp3) is 0.133. The van der Waals surface area contributed by atoms with Crippen LogP contribution in [0.25, 0.3) is 0 Å². The highest BCUT2D eigenvalue weighted by Crippen LogP contribution is 2.24. The van der Waals surface area contributed by atoms with E-state index in [1.807, 2.05) is 24.3 Å². The molecule has 0 aromatic heterocycles. The molecule has 0 fully saturated rings. The Hall–Kier alpha value is -1.98. The van der Waals surface area contributed by atoms with Gasteiger partial charge >= 0.3 is 0 Å². The Balaban J connectivity index is 2.32. The van der Waals surface area contributed by atoms with Crippen molar-refractivity contribution in [2.45, 2.75) is 6.61 Å². The fourth-order valence-corrected chi connectivity index (χ4v) is 2.15. The first-order chi connectivity index (χ1) is 9.61. The third-order valence-electron chi connectivity index (χ3n) is 2.78. The number of nitrogens with two attached hydrogens (primary N) is 1. The van der Waals surface area contributed by atoms with Gasteiger partial charge in [-0.1, -0.05) is 30.4 Å². The van der Waals surface area contributed by atoms with Crippen molar-refractivity contribution in [1.29, 1.82) is 0 Å². The minimum Gasteiger partial charge on any atom is -0.389 e. The van der Waals surface area contributed by atoms with Crippen LogP contribution in [0.5, 0.6) is 0 Å². The van der Waals surface area contributed by atoms with Crippen LogP contribution in [0.15, 0.2) is 42.5 Å². The molecule has 0 radical (unpaired) electrons. The van der Waals surface area contributed by atoms with Crippen LogP contribution in [0.2, 0.25) is 0 Å². The maximum absolute atomic E-state index is 13.8. The van der Waals surface area contributed by atoms with Crippen molar-refractivity contribution >= 4 is 28.6 Å². The lowest BCUT2D eigenvalue weighted by Crippen LogP contribution is -2.14. The van der Waals surface area contributed by atoms with Crippen molar-refractivity contribution in [3.8, 4) is 0 Å². The molecular weight excluding hydrogens is 275 g/mol. The largest absolute Gasteiger partial charge is 0.389 e. The van der Waals surface area contributed by atoms with Crippen molar-refractivity contribution in [1.82, 2.24) is 0 Å². The maximum Gasteiger partial charge on any atom is 0.135 e. The first-order valence-electron chi connectivity index (χ1n) is 6.05. The molecule has 0 aliphatic carbocycles. The van der Waals surface area contributed by atoms with Crippen LogP contribution in [0.3, 0.4) is 0 Å². The van der Waals surface area contributed by atoms with Gasteiger partial charge in [-0.15, -0.1) is 0 Å². The molecule has 0 bridgehead atoms. The molecule has 0 aliphatic rings. The van der Waals surface area contributed by atoms with Crippen molar-refractivity contribution in [3.63, 3.8) is 0 Å². The average Bonchev–Trinajstić information content (AvgIpc) is 2.39. The number of thiocarbonyl (C=S) groups is 1. The van der Waals surface area contributed by atoms with Crippen LogP contribution in [0.1, 0.15) is 11.1 Å². The Bertz CT molecular complexity index is 631. The predicted octanol–water partition coefficient (Wildman–Crippen LogP) is 3.35. The van der Waals surface area contributed by atoms with Gasteiger partial charge in [-0.25, -0.2) is 4.39 Å².